The quantitative estimate of drug-likeness (QED) is 0.132. The Bertz CT molecular complexity index is 331. The van der Waals surface area contributed by atoms with Gasteiger partial charge in [-0.15, -0.1) is 0 Å². The Morgan fingerprint density at radius 3 is 1.59 bits per heavy atom. The van der Waals surface area contributed by atoms with Gasteiger partial charge in [-0.05, 0) is 18.8 Å². The van der Waals surface area contributed by atoms with E-state index in [1.54, 1.807) is 0 Å². The molecule has 0 unspecified atom stereocenters. The van der Waals surface area contributed by atoms with Crippen LogP contribution in [0.5, 0.6) is 0 Å². The summed E-state index contributed by atoms with van der Waals surface area (Å²) in [4.78, 5) is 11.6. The van der Waals surface area contributed by atoms with Crippen molar-refractivity contribution in [2.45, 2.75) is 117 Å². The Morgan fingerprint density at radius 2 is 1.07 bits per heavy atom. The van der Waals surface area contributed by atoms with Gasteiger partial charge in [0, 0.05) is 13.0 Å². The van der Waals surface area contributed by atoms with Crippen molar-refractivity contribution >= 4 is 5.97 Å². The van der Waals surface area contributed by atoms with E-state index in [-0.39, 0.29) is 5.97 Å². The van der Waals surface area contributed by atoms with E-state index >= 15 is 0 Å². The molecule has 4 heteroatoms. The van der Waals surface area contributed by atoms with Crippen LogP contribution in [0.25, 0.3) is 0 Å². The summed E-state index contributed by atoms with van der Waals surface area (Å²) in [5, 5.41) is 0. The normalized spacial score (nSPS) is 11.3. The summed E-state index contributed by atoms with van der Waals surface area (Å²) in [6.07, 6.45) is 18.8. The number of carbonyl (C=O) groups excluding carboxylic acids is 1. The van der Waals surface area contributed by atoms with Crippen molar-refractivity contribution in [3.05, 3.63) is 0 Å². The van der Waals surface area contributed by atoms with Gasteiger partial charge in [0.15, 0.2) is 0 Å². The summed E-state index contributed by atoms with van der Waals surface area (Å²) < 4.78 is 15.9. The van der Waals surface area contributed by atoms with Gasteiger partial charge < -0.3 is 14.2 Å². The lowest BCUT2D eigenvalue weighted by molar-refractivity contribution is -0.145. The first-order valence-corrected chi connectivity index (χ1v) is 12.5. The molecular formula is C25H50O4. The summed E-state index contributed by atoms with van der Waals surface area (Å²) in [6, 6.07) is 0. The summed E-state index contributed by atoms with van der Waals surface area (Å²) in [6.45, 7) is 9.47. The Labute approximate surface area is 181 Å². The van der Waals surface area contributed by atoms with Crippen LogP contribution in [0.1, 0.15) is 117 Å². The predicted octanol–water partition coefficient (Wildman–Crippen LogP) is 7.09. The van der Waals surface area contributed by atoms with Crippen LogP contribution < -0.4 is 0 Å². The van der Waals surface area contributed by atoms with Gasteiger partial charge in [-0.25, -0.2) is 0 Å². The van der Waals surface area contributed by atoms with Crippen molar-refractivity contribution in [3.63, 3.8) is 0 Å². The van der Waals surface area contributed by atoms with E-state index in [1.165, 1.54) is 70.6 Å². The fourth-order valence-corrected chi connectivity index (χ4v) is 3.34. The molecule has 0 aromatic rings. The lowest BCUT2D eigenvalue weighted by Crippen LogP contribution is -2.12. The van der Waals surface area contributed by atoms with Crippen LogP contribution in [0.2, 0.25) is 0 Å². The highest BCUT2D eigenvalue weighted by molar-refractivity contribution is 5.69. The first-order chi connectivity index (χ1) is 14.2. The Hall–Kier alpha value is -0.610. The molecule has 0 aromatic heterocycles. The van der Waals surface area contributed by atoms with E-state index in [0.29, 0.717) is 32.8 Å². The monoisotopic (exact) mass is 414 g/mol. The van der Waals surface area contributed by atoms with E-state index in [2.05, 4.69) is 20.8 Å². The molecule has 0 rings (SSSR count). The minimum atomic E-state index is -0.0933. The molecule has 174 valence electrons. The second-order valence-corrected chi connectivity index (χ2v) is 8.62. The van der Waals surface area contributed by atoms with E-state index in [9.17, 15) is 4.79 Å². The zero-order valence-electron chi connectivity index (χ0n) is 19.9. The number of rotatable bonds is 23. The number of unbranched alkanes of at least 4 members (excludes halogenated alkanes) is 11. The molecule has 0 spiro atoms. The third kappa shape index (κ3) is 25.4. The highest BCUT2D eigenvalue weighted by Crippen LogP contribution is 2.14. The molecule has 0 amide bonds. The molecule has 0 saturated heterocycles. The van der Waals surface area contributed by atoms with Crippen LogP contribution in [0.3, 0.4) is 0 Å². The minimum Gasteiger partial charge on any atom is -0.463 e. The van der Waals surface area contributed by atoms with Crippen molar-refractivity contribution in [3.8, 4) is 0 Å². The largest absolute Gasteiger partial charge is 0.463 e. The molecule has 0 atom stereocenters. The van der Waals surface area contributed by atoms with Crippen LogP contribution in [0.4, 0.5) is 0 Å². The first kappa shape index (κ1) is 28.4. The highest BCUT2D eigenvalue weighted by Gasteiger charge is 2.02. The number of ether oxygens (including phenoxy) is 3. The number of esters is 1. The maximum absolute atomic E-state index is 11.6. The molecule has 0 heterocycles. The first-order valence-electron chi connectivity index (χ1n) is 12.5. The summed E-state index contributed by atoms with van der Waals surface area (Å²) in [7, 11) is 0. The molecule has 4 nitrogen and oxygen atoms in total. The average Bonchev–Trinajstić information content (AvgIpc) is 2.70. The molecule has 0 bridgehead atoms. The second-order valence-electron chi connectivity index (χ2n) is 8.62. The van der Waals surface area contributed by atoms with Crippen LogP contribution in [-0.2, 0) is 19.0 Å². The summed E-state index contributed by atoms with van der Waals surface area (Å²) in [5.41, 5.74) is 0. The Morgan fingerprint density at radius 1 is 0.621 bits per heavy atom. The van der Waals surface area contributed by atoms with Crippen LogP contribution >= 0.6 is 0 Å². The topological polar surface area (TPSA) is 44.8 Å². The van der Waals surface area contributed by atoms with E-state index in [4.69, 9.17) is 14.2 Å². The smallest absolute Gasteiger partial charge is 0.305 e. The zero-order valence-corrected chi connectivity index (χ0v) is 19.9. The Kier molecular flexibility index (Phi) is 23.2. The number of hydrogen-bond acceptors (Lipinski definition) is 4. The van der Waals surface area contributed by atoms with Crippen LogP contribution in [0, 0.1) is 5.92 Å². The summed E-state index contributed by atoms with van der Waals surface area (Å²) >= 11 is 0. The van der Waals surface area contributed by atoms with Gasteiger partial charge in [0.25, 0.3) is 0 Å². The highest BCUT2D eigenvalue weighted by atomic mass is 16.6. The zero-order chi connectivity index (χ0) is 21.4. The van der Waals surface area contributed by atoms with Gasteiger partial charge in [-0.2, -0.15) is 0 Å². The minimum absolute atomic E-state index is 0.0933. The molecule has 29 heavy (non-hydrogen) atoms. The fraction of sp³-hybridized carbons (Fsp3) is 0.960. The van der Waals surface area contributed by atoms with Gasteiger partial charge in [-0.1, -0.05) is 97.8 Å². The second kappa shape index (κ2) is 23.7. The van der Waals surface area contributed by atoms with E-state index < -0.39 is 0 Å². The van der Waals surface area contributed by atoms with Crippen LogP contribution in [-0.4, -0.2) is 39.0 Å². The van der Waals surface area contributed by atoms with Gasteiger partial charge in [0.2, 0.25) is 0 Å². The van der Waals surface area contributed by atoms with Gasteiger partial charge in [0.1, 0.15) is 6.61 Å². The molecule has 0 radical (unpaired) electrons. The molecule has 0 saturated carbocycles. The van der Waals surface area contributed by atoms with E-state index in [1.807, 2.05) is 0 Å². The molecular weight excluding hydrogens is 364 g/mol. The lowest BCUT2D eigenvalue weighted by Gasteiger charge is -2.07. The molecule has 0 aliphatic heterocycles. The maximum Gasteiger partial charge on any atom is 0.305 e. The molecule has 0 N–H and O–H groups in total. The SMILES string of the molecule is CCCOCCOCCOC(=O)CCCCCCCCCCCCCCC(C)C. The maximum atomic E-state index is 11.6. The van der Waals surface area contributed by atoms with Crippen molar-refractivity contribution in [1.82, 2.24) is 0 Å². The number of carbonyl (C=O) groups is 1. The number of hydrogen-bond donors (Lipinski definition) is 0. The van der Waals surface area contributed by atoms with Crippen molar-refractivity contribution in [2.75, 3.05) is 33.0 Å². The van der Waals surface area contributed by atoms with Crippen molar-refractivity contribution < 1.29 is 19.0 Å². The molecule has 0 fully saturated rings. The van der Waals surface area contributed by atoms with Gasteiger partial charge in [-0.3, -0.25) is 4.79 Å². The van der Waals surface area contributed by atoms with E-state index in [0.717, 1.165) is 31.8 Å². The van der Waals surface area contributed by atoms with Crippen molar-refractivity contribution in [2.24, 2.45) is 5.92 Å². The van der Waals surface area contributed by atoms with Gasteiger partial charge >= 0.3 is 5.97 Å². The standard InChI is InChI=1S/C25H50O4/c1-4-19-27-20-21-28-22-23-29-25(26)18-16-14-12-10-8-6-5-7-9-11-13-15-17-24(2)3/h24H,4-23H2,1-3H3. The molecule has 0 aliphatic carbocycles. The predicted molar refractivity (Wildman–Crippen MR) is 122 cm³/mol. The van der Waals surface area contributed by atoms with Gasteiger partial charge in [0.05, 0.1) is 19.8 Å². The fourth-order valence-electron chi connectivity index (χ4n) is 3.34. The van der Waals surface area contributed by atoms with Crippen molar-refractivity contribution in [1.29, 1.82) is 0 Å². The lowest BCUT2D eigenvalue weighted by atomic mass is 10.0. The molecule has 0 aromatic carbocycles. The average molecular weight is 415 g/mol. The summed E-state index contributed by atoms with van der Waals surface area (Å²) in [5.74, 6) is 0.769. The third-order valence-electron chi connectivity index (χ3n) is 5.12. The third-order valence-corrected chi connectivity index (χ3v) is 5.12. The molecule has 0 aliphatic rings. The van der Waals surface area contributed by atoms with Crippen LogP contribution in [0.15, 0.2) is 0 Å². The Balaban J connectivity index is 3.14.